The third kappa shape index (κ3) is 2.65. The lowest BCUT2D eigenvalue weighted by Gasteiger charge is -2.34. The van der Waals surface area contributed by atoms with Gasteiger partial charge >= 0.3 is 5.97 Å². The van der Waals surface area contributed by atoms with Crippen molar-refractivity contribution in [3.63, 3.8) is 0 Å². The van der Waals surface area contributed by atoms with Gasteiger partial charge in [0.2, 0.25) is 0 Å². The van der Waals surface area contributed by atoms with E-state index in [4.69, 9.17) is 0 Å². The van der Waals surface area contributed by atoms with Crippen molar-refractivity contribution in [2.24, 2.45) is 0 Å². The molecule has 4 heteroatoms. The Labute approximate surface area is 119 Å². The van der Waals surface area contributed by atoms with E-state index < -0.39 is 11.5 Å². The smallest absolute Gasteiger partial charge is 0.323 e. The van der Waals surface area contributed by atoms with Crippen LogP contribution in [0.3, 0.4) is 0 Å². The van der Waals surface area contributed by atoms with Crippen LogP contribution in [0.2, 0.25) is 0 Å². The Balaban J connectivity index is 2.38. The highest BCUT2D eigenvalue weighted by Crippen LogP contribution is 2.22. The monoisotopic (exact) mass is 272 g/mol. The molecule has 2 aromatic rings. The first kappa shape index (κ1) is 14.5. The first-order chi connectivity index (χ1) is 9.46. The van der Waals surface area contributed by atoms with E-state index in [1.54, 1.807) is 20.0 Å². The number of nitrogens with zero attached hydrogens (tertiary/aromatic N) is 2. The molecule has 0 spiro atoms. The van der Waals surface area contributed by atoms with Gasteiger partial charge in [0.25, 0.3) is 0 Å². The normalized spacial score (nSPS) is 12.0. The number of carbonyl (C=O) groups is 1. The second kappa shape index (κ2) is 5.59. The molecule has 20 heavy (non-hydrogen) atoms. The molecular weight excluding hydrogens is 252 g/mol. The van der Waals surface area contributed by atoms with Crippen LogP contribution in [-0.2, 0) is 11.3 Å². The van der Waals surface area contributed by atoms with Crippen molar-refractivity contribution in [3.8, 4) is 0 Å². The number of rotatable bonds is 5. The molecular formula is C16H20N2O2. The van der Waals surface area contributed by atoms with Gasteiger partial charge in [-0.3, -0.25) is 14.7 Å². The number of aromatic nitrogens is 1. The molecule has 1 aromatic heterocycles. The zero-order chi connectivity index (χ0) is 14.8. The van der Waals surface area contributed by atoms with Crippen LogP contribution in [0, 0.1) is 0 Å². The molecule has 0 saturated carbocycles. The predicted octanol–water partition coefficient (Wildman–Crippen LogP) is 2.92. The van der Waals surface area contributed by atoms with Crippen LogP contribution in [-0.4, -0.2) is 33.0 Å². The summed E-state index contributed by atoms with van der Waals surface area (Å²) in [6, 6.07) is 9.94. The lowest BCUT2D eigenvalue weighted by atomic mass is 10.0. The van der Waals surface area contributed by atoms with Crippen LogP contribution in [0.1, 0.15) is 26.3 Å². The fraction of sp³-hybridized carbons (Fsp3) is 0.375. The van der Waals surface area contributed by atoms with Crippen molar-refractivity contribution >= 4 is 16.9 Å². The fourth-order valence-corrected chi connectivity index (χ4v) is 2.34. The molecule has 0 unspecified atom stereocenters. The van der Waals surface area contributed by atoms with Crippen LogP contribution >= 0.6 is 0 Å². The van der Waals surface area contributed by atoms with Gasteiger partial charge in [-0.05, 0) is 32.0 Å². The van der Waals surface area contributed by atoms with Crippen LogP contribution in [0.15, 0.2) is 36.5 Å². The molecule has 0 saturated heterocycles. The third-order valence-electron chi connectivity index (χ3n) is 3.77. The molecule has 0 aliphatic heterocycles. The predicted molar refractivity (Wildman–Crippen MR) is 79.5 cm³/mol. The summed E-state index contributed by atoms with van der Waals surface area (Å²) in [6.07, 6.45) is 1.77. The molecule has 0 radical (unpaired) electrons. The largest absolute Gasteiger partial charge is 0.480 e. The SMILES string of the molecule is CCN(Cc1cccc2cccnc12)C(C)(C)C(=O)O. The number of likely N-dealkylation sites (N-methyl/N-ethyl adjacent to an activating group) is 1. The molecule has 106 valence electrons. The van der Waals surface area contributed by atoms with E-state index in [2.05, 4.69) is 4.98 Å². The molecule has 1 heterocycles. The lowest BCUT2D eigenvalue weighted by molar-refractivity contribution is -0.149. The quantitative estimate of drug-likeness (QED) is 0.909. The van der Waals surface area contributed by atoms with E-state index >= 15 is 0 Å². The maximum absolute atomic E-state index is 11.4. The molecule has 1 aromatic carbocycles. The Morgan fingerprint density at radius 2 is 2.00 bits per heavy atom. The summed E-state index contributed by atoms with van der Waals surface area (Å²) in [4.78, 5) is 17.8. The fourth-order valence-electron chi connectivity index (χ4n) is 2.34. The van der Waals surface area contributed by atoms with Gasteiger partial charge in [-0.1, -0.05) is 31.2 Å². The lowest BCUT2D eigenvalue weighted by Crippen LogP contribution is -2.49. The van der Waals surface area contributed by atoms with Gasteiger partial charge in [-0.2, -0.15) is 0 Å². The molecule has 4 nitrogen and oxygen atoms in total. The number of carboxylic acid groups (broad SMARTS) is 1. The summed E-state index contributed by atoms with van der Waals surface area (Å²) in [5.41, 5.74) is 1.10. The van der Waals surface area contributed by atoms with Crippen molar-refractivity contribution < 1.29 is 9.90 Å². The number of aliphatic carboxylic acids is 1. The van der Waals surface area contributed by atoms with Crippen molar-refractivity contribution in [1.82, 2.24) is 9.88 Å². The molecule has 1 N–H and O–H groups in total. The molecule has 0 amide bonds. The standard InChI is InChI=1S/C16H20N2O2/c1-4-18(16(2,3)15(19)20)11-13-8-5-7-12-9-6-10-17-14(12)13/h5-10H,4,11H2,1-3H3,(H,19,20). The van der Waals surface area contributed by atoms with Gasteiger partial charge in [0.05, 0.1) is 5.52 Å². The van der Waals surface area contributed by atoms with E-state index in [9.17, 15) is 9.90 Å². The first-order valence-corrected chi connectivity index (χ1v) is 6.78. The Hall–Kier alpha value is -1.94. The van der Waals surface area contributed by atoms with Crippen molar-refractivity contribution in [2.45, 2.75) is 32.9 Å². The van der Waals surface area contributed by atoms with Crippen molar-refractivity contribution in [1.29, 1.82) is 0 Å². The minimum Gasteiger partial charge on any atom is -0.480 e. The summed E-state index contributed by atoms with van der Waals surface area (Å²) < 4.78 is 0. The van der Waals surface area contributed by atoms with Crippen LogP contribution < -0.4 is 0 Å². The molecule has 0 atom stereocenters. The van der Waals surface area contributed by atoms with E-state index in [1.165, 1.54) is 0 Å². The number of hydrogen-bond acceptors (Lipinski definition) is 3. The van der Waals surface area contributed by atoms with E-state index in [0.29, 0.717) is 13.1 Å². The zero-order valence-corrected chi connectivity index (χ0v) is 12.1. The van der Waals surface area contributed by atoms with Gasteiger partial charge in [0, 0.05) is 18.1 Å². The van der Waals surface area contributed by atoms with E-state index in [-0.39, 0.29) is 0 Å². The molecule has 0 aliphatic rings. The number of fused-ring (bicyclic) bond motifs is 1. The molecule has 2 rings (SSSR count). The second-order valence-corrected chi connectivity index (χ2v) is 5.37. The molecule has 0 bridgehead atoms. The topological polar surface area (TPSA) is 53.4 Å². The Kier molecular flexibility index (Phi) is 4.04. The van der Waals surface area contributed by atoms with Crippen molar-refractivity contribution in [2.75, 3.05) is 6.54 Å². The summed E-state index contributed by atoms with van der Waals surface area (Å²) in [6.45, 7) is 6.69. The number of carboxylic acids is 1. The van der Waals surface area contributed by atoms with E-state index in [0.717, 1.165) is 16.5 Å². The molecule has 0 aliphatic carbocycles. The first-order valence-electron chi connectivity index (χ1n) is 6.78. The van der Waals surface area contributed by atoms with Gasteiger partial charge < -0.3 is 5.11 Å². The van der Waals surface area contributed by atoms with Gasteiger partial charge in [-0.25, -0.2) is 0 Å². The molecule has 0 fully saturated rings. The van der Waals surface area contributed by atoms with Crippen LogP contribution in [0.4, 0.5) is 0 Å². The number of pyridine rings is 1. The maximum atomic E-state index is 11.4. The second-order valence-electron chi connectivity index (χ2n) is 5.37. The van der Waals surface area contributed by atoms with Crippen LogP contribution in [0.25, 0.3) is 10.9 Å². The number of benzene rings is 1. The van der Waals surface area contributed by atoms with Crippen LogP contribution in [0.5, 0.6) is 0 Å². The maximum Gasteiger partial charge on any atom is 0.323 e. The van der Waals surface area contributed by atoms with Gasteiger partial charge in [0.1, 0.15) is 5.54 Å². The Morgan fingerprint density at radius 1 is 1.30 bits per heavy atom. The highest BCUT2D eigenvalue weighted by Gasteiger charge is 2.33. The zero-order valence-electron chi connectivity index (χ0n) is 12.1. The third-order valence-corrected chi connectivity index (χ3v) is 3.77. The summed E-state index contributed by atoms with van der Waals surface area (Å²) >= 11 is 0. The minimum absolute atomic E-state index is 0.574. The average molecular weight is 272 g/mol. The van der Waals surface area contributed by atoms with Crippen molar-refractivity contribution in [3.05, 3.63) is 42.1 Å². The van der Waals surface area contributed by atoms with E-state index in [1.807, 2.05) is 42.2 Å². The van der Waals surface area contributed by atoms with Gasteiger partial charge in [-0.15, -0.1) is 0 Å². The Morgan fingerprint density at radius 3 is 2.65 bits per heavy atom. The highest BCUT2D eigenvalue weighted by atomic mass is 16.4. The minimum atomic E-state index is -0.897. The summed E-state index contributed by atoms with van der Waals surface area (Å²) in [5.74, 6) is -0.812. The highest BCUT2D eigenvalue weighted by molar-refractivity contribution is 5.82. The van der Waals surface area contributed by atoms with Gasteiger partial charge in [0.15, 0.2) is 0 Å². The summed E-state index contributed by atoms with van der Waals surface area (Å²) in [5, 5.41) is 10.5. The Bertz CT molecular complexity index is 617. The number of hydrogen-bond donors (Lipinski definition) is 1. The number of para-hydroxylation sites is 1. The summed E-state index contributed by atoms with van der Waals surface area (Å²) in [7, 11) is 0. The average Bonchev–Trinajstić information content (AvgIpc) is 2.44.